The van der Waals surface area contributed by atoms with E-state index in [0.717, 1.165) is 12.0 Å². The average molecular weight is 197 g/mol. The molecule has 0 amide bonds. The second kappa shape index (κ2) is 4.26. The third-order valence-corrected chi connectivity index (χ3v) is 2.02. The molecule has 0 spiro atoms. The van der Waals surface area contributed by atoms with Crippen molar-refractivity contribution >= 4 is 5.97 Å². The van der Waals surface area contributed by atoms with Gasteiger partial charge in [-0.15, -0.1) is 0 Å². The molecule has 4 heteroatoms. The van der Waals surface area contributed by atoms with E-state index in [0.29, 0.717) is 18.1 Å². The van der Waals surface area contributed by atoms with E-state index in [4.69, 9.17) is 9.63 Å². The maximum atomic E-state index is 10.8. The third-order valence-electron chi connectivity index (χ3n) is 2.02. The van der Waals surface area contributed by atoms with Gasteiger partial charge in [-0.25, -0.2) is 4.79 Å². The van der Waals surface area contributed by atoms with Crippen molar-refractivity contribution in [2.24, 2.45) is 5.92 Å². The minimum atomic E-state index is -1.01. The number of aromatic nitrogens is 1. The summed E-state index contributed by atoms with van der Waals surface area (Å²) in [6.45, 7) is 6.02. The number of rotatable bonds is 4. The smallest absolute Gasteiger partial charge is 0.358 e. The molecule has 0 bridgehead atoms. The van der Waals surface area contributed by atoms with Crippen LogP contribution in [0.4, 0.5) is 0 Å². The number of carbonyl (C=O) groups is 1. The Labute approximate surface area is 82.9 Å². The summed E-state index contributed by atoms with van der Waals surface area (Å²) < 4.78 is 5.03. The quantitative estimate of drug-likeness (QED) is 0.803. The van der Waals surface area contributed by atoms with E-state index in [-0.39, 0.29) is 5.69 Å². The second-order valence-corrected chi connectivity index (χ2v) is 3.69. The molecule has 0 aliphatic carbocycles. The number of nitrogens with zero attached hydrogens (tertiary/aromatic N) is 1. The van der Waals surface area contributed by atoms with Crippen molar-refractivity contribution in [3.05, 3.63) is 17.0 Å². The SMILES string of the molecule is CCc1c(C(=O)O)noc1CC(C)C. The van der Waals surface area contributed by atoms with Crippen molar-refractivity contribution in [1.82, 2.24) is 5.16 Å². The van der Waals surface area contributed by atoms with Crippen LogP contribution in [0, 0.1) is 5.92 Å². The number of hydrogen-bond acceptors (Lipinski definition) is 3. The van der Waals surface area contributed by atoms with Crippen LogP contribution in [-0.4, -0.2) is 16.2 Å². The zero-order chi connectivity index (χ0) is 10.7. The summed E-state index contributed by atoms with van der Waals surface area (Å²) in [7, 11) is 0. The van der Waals surface area contributed by atoms with Crippen LogP contribution < -0.4 is 0 Å². The molecule has 0 unspecified atom stereocenters. The molecule has 0 aliphatic heterocycles. The van der Waals surface area contributed by atoms with Crippen LogP contribution in [0.5, 0.6) is 0 Å². The molecule has 1 heterocycles. The molecule has 0 aliphatic rings. The minimum absolute atomic E-state index is 0.0585. The van der Waals surface area contributed by atoms with Crippen molar-refractivity contribution in [3.63, 3.8) is 0 Å². The van der Waals surface area contributed by atoms with Gasteiger partial charge in [0.25, 0.3) is 0 Å². The van der Waals surface area contributed by atoms with Crippen LogP contribution in [0.2, 0.25) is 0 Å². The largest absolute Gasteiger partial charge is 0.476 e. The summed E-state index contributed by atoms with van der Waals surface area (Å²) in [5, 5.41) is 12.4. The van der Waals surface area contributed by atoms with Crippen molar-refractivity contribution < 1.29 is 14.4 Å². The van der Waals surface area contributed by atoms with E-state index in [9.17, 15) is 4.79 Å². The Morgan fingerprint density at radius 1 is 1.57 bits per heavy atom. The monoisotopic (exact) mass is 197 g/mol. The Bertz CT molecular complexity index is 328. The van der Waals surface area contributed by atoms with E-state index in [1.165, 1.54) is 0 Å². The number of carboxylic acid groups (broad SMARTS) is 1. The first-order chi connectivity index (χ1) is 6.56. The summed E-state index contributed by atoms with van der Waals surface area (Å²) in [5.41, 5.74) is 0.786. The average Bonchev–Trinajstić information content (AvgIpc) is 2.46. The van der Waals surface area contributed by atoms with Crippen LogP contribution in [0.25, 0.3) is 0 Å². The molecule has 1 aromatic rings. The van der Waals surface area contributed by atoms with Crippen LogP contribution in [0.3, 0.4) is 0 Å². The Kier molecular flexibility index (Phi) is 3.28. The van der Waals surface area contributed by atoms with Gasteiger partial charge in [0.05, 0.1) is 0 Å². The molecule has 0 radical (unpaired) electrons. The van der Waals surface area contributed by atoms with E-state index >= 15 is 0 Å². The van der Waals surface area contributed by atoms with Gasteiger partial charge in [0, 0.05) is 12.0 Å². The Morgan fingerprint density at radius 3 is 2.64 bits per heavy atom. The molecule has 1 rings (SSSR count). The summed E-state index contributed by atoms with van der Waals surface area (Å²) in [4.78, 5) is 10.8. The maximum absolute atomic E-state index is 10.8. The lowest BCUT2D eigenvalue weighted by molar-refractivity contribution is 0.0684. The molecule has 0 aromatic carbocycles. The molecule has 0 saturated carbocycles. The predicted octanol–water partition coefficient (Wildman–Crippen LogP) is 2.13. The molecule has 4 nitrogen and oxygen atoms in total. The van der Waals surface area contributed by atoms with Crippen molar-refractivity contribution in [1.29, 1.82) is 0 Å². The van der Waals surface area contributed by atoms with Crippen LogP contribution in [0.15, 0.2) is 4.52 Å². The Hall–Kier alpha value is -1.32. The zero-order valence-corrected chi connectivity index (χ0v) is 8.70. The van der Waals surface area contributed by atoms with Gasteiger partial charge in [0.1, 0.15) is 5.76 Å². The highest BCUT2D eigenvalue weighted by Crippen LogP contribution is 2.18. The lowest BCUT2D eigenvalue weighted by Crippen LogP contribution is -2.02. The highest BCUT2D eigenvalue weighted by atomic mass is 16.5. The van der Waals surface area contributed by atoms with E-state index < -0.39 is 5.97 Å². The second-order valence-electron chi connectivity index (χ2n) is 3.69. The van der Waals surface area contributed by atoms with Gasteiger partial charge in [-0.1, -0.05) is 25.9 Å². The van der Waals surface area contributed by atoms with E-state index in [2.05, 4.69) is 19.0 Å². The van der Waals surface area contributed by atoms with Crippen molar-refractivity contribution in [3.8, 4) is 0 Å². The van der Waals surface area contributed by atoms with Crippen LogP contribution >= 0.6 is 0 Å². The van der Waals surface area contributed by atoms with Gasteiger partial charge in [0.15, 0.2) is 5.69 Å². The van der Waals surface area contributed by atoms with Gasteiger partial charge in [-0.2, -0.15) is 0 Å². The van der Waals surface area contributed by atoms with Gasteiger partial charge < -0.3 is 9.63 Å². The summed E-state index contributed by atoms with van der Waals surface area (Å²) in [5.74, 6) is 0.135. The normalized spacial score (nSPS) is 10.9. The predicted molar refractivity (Wildman–Crippen MR) is 51.4 cm³/mol. The molecule has 0 saturated heterocycles. The summed E-state index contributed by atoms with van der Waals surface area (Å²) in [6, 6.07) is 0. The first kappa shape index (κ1) is 10.8. The Balaban J connectivity index is 3.01. The van der Waals surface area contributed by atoms with Gasteiger partial charge in [-0.05, 0) is 12.3 Å². The van der Waals surface area contributed by atoms with Crippen molar-refractivity contribution in [2.45, 2.75) is 33.6 Å². The standard InChI is InChI=1S/C10H15NO3/c1-4-7-8(5-6(2)3)14-11-9(7)10(12)13/h6H,4-5H2,1-3H3,(H,12,13). The zero-order valence-electron chi connectivity index (χ0n) is 8.70. The summed E-state index contributed by atoms with van der Waals surface area (Å²) >= 11 is 0. The van der Waals surface area contributed by atoms with Crippen molar-refractivity contribution in [2.75, 3.05) is 0 Å². The fourth-order valence-corrected chi connectivity index (χ4v) is 1.41. The third kappa shape index (κ3) is 2.13. The molecule has 14 heavy (non-hydrogen) atoms. The highest BCUT2D eigenvalue weighted by Gasteiger charge is 2.19. The van der Waals surface area contributed by atoms with Gasteiger partial charge in [0.2, 0.25) is 0 Å². The molecule has 78 valence electrons. The molecule has 0 atom stereocenters. The van der Waals surface area contributed by atoms with Gasteiger partial charge >= 0.3 is 5.97 Å². The fourth-order valence-electron chi connectivity index (χ4n) is 1.41. The first-order valence-electron chi connectivity index (χ1n) is 4.77. The number of aromatic carboxylic acids is 1. The van der Waals surface area contributed by atoms with E-state index in [1.54, 1.807) is 0 Å². The fraction of sp³-hybridized carbons (Fsp3) is 0.600. The molecule has 1 N–H and O–H groups in total. The lowest BCUT2D eigenvalue weighted by atomic mass is 10.0. The highest BCUT2D eigenvalue weighted by molar-refractivity contribution is 5.87. The lowest BCUT2D eigenvalue weighted by Gasteiger charge is -2.01. The van der Waals surface area contributed by atoms with Crippen LogP contribution in [0.1, 0.15) is 42.6 Å². The van der Waals surface area contributed by atoms with E-state index in [1.807, 2.05) is 6.92 Å². The van der Waals surface area contributed by atoms with Crippen LogP contribution in [-0.2, 0) is 12.8 Å². The minimum Gasteiger partial charge on any atom is -0.476 e. The number of hydrogen-bond donors (Lipinski definition) is 1. The number of carboxylic acids is 1. The molecule has 1 aromatic heterocycles. The Morgan fingerprint density at radius 2 is 2.21 bits per heavy atom. The first-order valence-corrected chi connectivity index (χ1v) is 4.77. The molecular formula is C10H15NO3. The topological polar surface area (TPSA) is 63.3 Å². The van der Waals surface area contributed by atoms with Gasteiger partial charge in [-0.3, -0.25) is 0 Å². The molecular weight excluding hydrogens is 182 g/mol. The molecule has 0 fully saturated rings. The summed E-state index contributed by atoms with van der Waals surface area (Å²) in [6.07, 6.45) is 1.39. The maximum Gasteiger partial charge on any atom is 0.358 e.